The number of aryl methyl sites for hydroxylation is 2. The van der Waals surface area contributed by atoms with Crippen LogP contribution in [0.15, 0.2) is 34.6 Å². The van der Waals surface area contributed by atoms with Crippen molar-refractivity contribution in [2.75, 3.05) is 20.1 Å². The quantitative estimate of drug-likeness (QED) is 0.434. The van der Waals surface area contributed by atoms with Crippen molar-refractivity contribution in [3.05, 3.63) is 51.5 Å². The Hall–Kier alpha value is -2.09. The van der Waals surface area contributed by atoms with Crippen molar-refractivity contribution in [1.29, 1.82) is 0 Å². The Kier molecular flexibility index (Phi) is 7.44. The third-order valence-corrected chi connectivity index (χ3v) is 4.76. The fourth-order valence-corrected chi connectivity index (χ4v) is 3.19. The molecular weight excluding hydrogens is 361 g/mol. The number of hydrogen-bond donors (Lipinski definition) is 2. The SMILES string of the molecule is CN=C(NCCCc1nc(C)cs1)NCCc1ccc(C(F)(F)F)cc1. The molecule has 1 aromatic heterocycles. The minimum atomic E-state index is -4.29. The third-order valence-electron chi connectivity index (χ3n) is 3.74. The normalized spacial score (nSPS) is 12.3. The van der Waals surface area contributed by atoms with Crippen LogP contribution in [0.2, 0.25) is 0 Å². The number of aliphatic imine (C=N–C) groups is 1. The number of benzene rings is 1. The molecular formula is C18H23F3N4S. The number of aromatic nitrogens is 1. The lowest BCUT2D eigenvalue weighted by Crippen LogP contribution is -2.38. The van der Waals surface area contributed by atoms with Crippen molar-refractivity contribution in [2.45, 2.75) is 32.4 Å². The lowest BCUT2D eigenvalue weighted by molar-refractivity contribution is -0.137. The van der Waals surface area contributed by atoms with E-state index < -0.39 is 11.7 Å². The van der Waals surface area contributed by atoms with Gasteiger partial charge in [0.05, 0.1) is 10.6 Å². The van der Waals surface area contributed by atoms with Gasteiger partial charge in [-0.2, -0.15) is 13.2 Å². The second kappa shape index (κ2) is 9.56. The monoisotopic (exact) mass is 384 g/mol. The molecule has 4 nitrogen and oxygen atoms in total. The Morgan fingerprint density at radius 2 is 1.81 bits per heavy atom. The van der Waals surface area contributed by atoms with Gasteiger partial charge in [-0.1, -0.05) is 12.1 Å². The first kappa shape index (κ1) is 20.2. The van der Waals surface area contributed by atoms with E-state index in [0.29, 0.717) is 18.9 Å². The average Bonchev–Trinajstić information content (AvgIpc) is 3.02. The van der Waals surface area contributed by atoms with Crippen LogP contribution in [0.4, 0.5) is 13.2 Å². The number of nitrogens with one attached hydrogen (secondary N) is 2. The molecule has 0 saturated carbocycles. The molecule has 0 fully saturated rings. The van der Waals surface area contributed by atoms with Crippen molar-refractivity contribution in [3.63, 3.8) is 0 Å². The summed E-state index contributed by atoms with van der Waals surface area (Å²) in [6.45, 7) is 3.36. The van der Waals surface area contributed by atoms with E-state index in [1.165, 1.54) is 12.1 Å². The number of thiazole rings is 1. The zero-order valence-electron chi connectivity index (χ0n) is 14.9. The van der Waals surface area contributed by atoms with Crippen molar-refractivity contribution < 1.29 is 13.2 Å². The van der Waals surface area contributed by atoms with Gasteiger partial charge in [0, 0.05) is 37.6 Å². The van der Waals surface area contributed by atoms with Gasteiger partial charge in [-0.3, -0.25) is 4.99 Å². The van der Waals surface area contributed by atoms with Crippen molar-refractivity contribution >= 4 is 17.3 Å². The molecule has 1 aromatic carbocycles. The molecule has 2 N–H and O–H groups in total. The van der Waals surface area contributed by atoms with Crippen LogP contribution in [0.25, 0.3) is 0 Å². The highest BCUT2D eigenvalue weighted by Gasteiger charge is 2.29. The minimum absolute atomic E-state index is 0.594. The summed E-state index contributed by atoms with van der Waals surface area (Å²) in [5.41, 5.74) is 1.28. The minimum Gasteiger partial charge on any atom is -0.356 e. The van der Waals surface area contributed by atoms with Gasteiger partial charge in [0.25, 0.3) is 0 Å². The molecule has 142 valence electrons. The summed E-state index contributed by atoms with van der Waals surface area (Å²) >= 11 is 1.67. The topological polar surface area (TPSA) is 49.3 Å². The molecule has 0 spiro atoms. The molecule has 2 rings (SSSR count). The highest BCUT2D eigenvalue weighted by atomic mass is 32.1. The Labute approximate surface area is 155 Å². The molecule has 0 bridgehead atoms. The van der Waals surface area contributed by atoms with E-state index in [1.807, 2.05) is 12.3 Å². The van der Waals surface area contributed by atoms with Gasteiger partial charge >= 0.3 is 6.18 Å². The van der Waals surface area contributed by atoms with Crippen molar-refractivity contribution in [3.8, 4) is 0 Å². The molecule has 0 unspecified atom stereocenters. The van der Waals surface area contributed by atoms with Gasteiger partial charge in [-0.15, -0.1) is 11.3 Å². The smallest absolute Gasteiger partial charge is 0.356 e. The molecule has 0 radical (unpaired) electrons. The van der Waals surface area contributed by atoms with Crippen molar-refractivity contribution in [1.82, 2.24) is 15.6 Å². The van der Waals surface area contributed by atoms with Crippen molar-refractivity contribution in [2.24, 2.45) is 4.99 Å². The van der Waals surface area contributed by atoms with Crippen LogP contribution >= 0.6 is 11.3 Å². The van der Waals surface area contributed by atoms with E-state index in [9.17, 15) is 13.2 Å². The van der Waals surface area contributed by atoms with Gasteiger partial charge < -0.3 is 10.6 Å². The van der Waals surface area contributed by atoms with Gasteiger partial charge in [0.15, 0.2) is 5.96 Å². The Balaban J connectivity index is 1.66. The van der Waals surface area contributed by atoms with E-state index in [4.69, 9.17) is 0 Å². The standard InChI is InChI=1S/C18H23F3N4S/c1-13-12-26-16(25-13)4-3-10-23-17(22-2)24-11-9-14-5-7-15(8-6-14)18(19,20)21/h5-8,12H,3-4,9-11H2,1-2H3,(H2,22,23,24). The number of nitrogens with zero attached hydrogens (tertiary/aromatic N) is 2. The van der Waals surface area contributed by atoms with Gasteiger partial charge in [-0.25, -0.2) is 4.98 Å². The Morgan fingerprint density at radius 1 is 1.12 bits per heavy atom. The summed E-state index contributed by atoms with van der Waals surface area (Å²) in [6.07, 6.45) is -1.79. The molecule has 0 saturated heterocycles. The summed E-state index contributed by atoms with van der Waals surface area (Å²) in [4.78, 5) is 8.57. The van der Waals surface area contributed by atoms with E-state index in [-0.39, 0.29) is 0 Å². The predicted molar refractivity (Wildman–Crippen MR) is 99.7 cm³/mol. The van der Waals surface area contributed by atoms with Gasteiger partial charge in [0.2, 0.25) is 0 Å². The highest BCUT2D eigenvalue weighted by Crippen LogP contribution is 2.29. The zero-order chi connectivity index (χ0) is 19.0. The first-order chi connectivity index (χ1) is 12.4. The van der Waals surface area contributed by atoms with Crippen LogP contribution in [0, 0.1) is 6.92 Å². The fourth-order valence-electron chi connectivity index (χ4n) is 2.37. The summed E-state index contributed by atoms with van der Waals surface area (Å²) < 4.78 is 37.6. The van der Waals surface area contributed by atoms with E-state index in [1.54, 1.807) is 18.4 Å². The highest BCUT2D eigenvalue weighted by molar-refractivity contribution is 7.09. The van der Waals surface area contributed by atoms with E-state index in [2.05, 4.69) is 20.6 Å². The lowest BCUT2D eigenvalue weighted by atomic mass is 10.1. The van der Waals surface area contributed by atoms with Crippen LogP contribution in [0.5, 0.6) is 0 Å². The second-order valence-corrected chi connectivity index (χ2v) is 6.80. The van der Waals surface area contributed by atoms with Crippen LogP contribution < -0.4 is 10.6 Å². The van der Waals surface area contributed by atoms with Crippen LogP contribution in [0.3, 0.4) is 0 Å². The maximum atomic E-state index is 12.5. The summed E-state index contributed by atoms with van der Waals surface area (Å²) in [5.74, 6) is 0.687. The number of rotatable bonds is 7. The molecule has 0 amide bonds. The molecule has 0 aliphatic heterocycles. The zero-order valence-corrected chi connectivity index (χ0v) is 15.7. The molecule has 8 heteroatoms. The van der Waals surface area contributed by atoms with E-state index in [0.717, 1.165) is 47.8 Å². The number of hydrogen-bond acceptors (Lipinski definition) is 3. The molecule has 0 aliphatic rings. The molecule has 2 aromatic rings. The molecule has 0 atom stereocenters. The second-order valence-electron chi connectivity index (χ2n) is 5.86. The number of alkyl halides is 3. The predicted octanol–water partition coefficient (Wildman–Crippen LogP) is 3.81. The fraction of sp³-hybridized carbons (Fsp3) is 0.444. The van der Waals surface area contributed by atoms with E-state index >= 15 is 0 Å². The van der Waals surface area contributed by atoms with Crippen LogP contribution in [0.1, 0.15) is 28.2 Å². The number of halogens is 3. The number of guanidine groups is 1. The first-order valence-electron chi connectivity index (χ1n) is 8.40. The molecule has 0 aliphatic carbocycles. The summed E-state index contributed by atoms with van der Waals surface area (Å²) in [5, 5.41) is 9.58. The molecule has 1 heterocycles. The van der Waals surface area contributed by atoms with Gasteiger partial charge in [0.1, 0.15) is 0 Å². The van der Waals surface area contributed by atoms with Gasteiger partial charge in [-0.05, 0) is 37.5 Å². The average molecular weight is 384 g/mol. The largest absolute Gasteiger partial charge is 0.416 e. The third kappa shape index (κ3) is 6.67. The Bertz CT molecular complexity index is 708. The maximum Gasteiger partial charge on any atom is 0.416 e. The lowest BCUT2D eigenvalue weighted by Gasteiger charge is -2.12. The first-order valence-corrected chi connectivity index (χ1v) is 9.28. The maximum absolute atomic E-state index is 12.5. The molecule has 26 heavy (non-hydrogen) atoms. The summed E-state index contributed by atoms with van der Waals surface area (Å²) in [6, 6.07) is 5.25. The Morgan fingerprint density at radius 3 is 2.38 bits per heavy atom. The van der Waals surface area contributed by atoms with Crippen LogP contribution in [-0.2, 0) is 19.0 Å². The van der Waals surface area contributed by atoms with Crippen LogP contribution in [-0.4, -0.2) is 31.1 Å². The summed E-state index contributed by atoms with van der Waals surface area (Å²) in [7, 11) is 1.69.